The van der Waals surface area contributed by atoms with Crippen molar-refractivity contribution in [3.63, 3.8) is 0 Å². The van der Waals surface area contributed by atoms with Gasteiger partial charge < -0.3 is 19.4 Å². The first-order chi connectivity index (χ1) is 14.0. The Labute approximate surface area is 176 Å². The highest BCUT2D eigenvalue weighted by Crippen LogP contribution is 2.48. The minimum atomic E-state index is -1.14. The fraction of sp³-hybridized carbons (Fsp3) is 0.583. The summed E-state index contributed by atoms with van der Waals surface area (Å²) in [5, 5.41) is 22.1. The lowest BCUT2D eigenvalue weighted by atomic mass is 9.90. The van der Waals surface area contributed by atoms with Gasteiger partial charge in [0, 0.05) is 24.5 Å². The summed E-state index contributed by atoms with van der Waals surface area (Å²) < 4.78 is 11.6. The van der Waals surface area contributed by atoms with Crippen molar-refractivity contribution in [1.29, 1.82) is 0 Å². The van der Waals surface area contributed by atoms with Gasteiger partial charge in [0.1, 0.15) is 23.2 Å². The number of carbonyl (C=O) groups excluding carboxylic acids is 1. The molecule has 1 atom stereocenters. The summed E-state index contributed by atoms with van der Waals surface area (Å²) in [5.74, 6) is 0.0191. The number of carbonyl (C=O) groups is 1. The highest BCUT2D eigenvalue weighted by Gasteiger charge is 2.40. The second kappa shape index (κ2) is 8.42. The molecule has 0 spiro atoms. The number of phenolic OH excluding ortho intramolecular Hbond substituents is 1. The first-order valence-electron chi connectivity index (χ1n) is 10.8. The number of phenols is 1. The van der Waals surface area contributed by atoms with Crippen molar-refractivity contribution in [3.8, 4) is 11.5 Å². The van der Waals surface area contributed by atoms with E-state index in [4.69, 9.17) is 9.15 Å². The molecule has 0 saturated carbocycles. The quantitative estimate of drug-likeness (QED) is 0.373. The first kappa shape index (κ1) is 22.3. The lowest BCUT2D eigenvalue weighted by molar-refractivity contribution is -0.0225. The summed E-state index contributed by atoms with van der Waals surface area (Å²) in [6, 6.07) is 1.45. The Hall–Kier alpha value is -2.34. The van der Waals surface area contributed by atoms with Crippen molar-refractivity contribution >= 4 is 16.8 Å². The molecule has 30 heavy (non-hydrogen) atoms. The second-order valence-corrected chi connectivity index (χ2v) is 9.27. The Kier molecular flexibility index (Phi) is 6.27. The standard InChI is InChI=1S/C24H32O6/c1-6-7-8-9-14-11-18(26)30-23-19(14)22-15(12-17(29-22)24(4,5)28)21(27)20(23)16(25)10-13(2)3/h11,13,17,27-28H,6-10,12H2,1-5H3. The number of hydrogen-bond acceptors (Lipinski definition) is 6. The number of ether oxygens (including phenoxy) is 1. The average molecular weight is 417 g/mol. The Morgan fingerprint density at radius 2 is 2.00 bits per heavy atom. The predicted octanol–water partition coefficient (Wildman–Crippen LogP) is 4.53. The van der Waals surface area contributed by atoms with Gasteiger partial charge in [-0.25, -0.2) is 4.79 Å². The highest BCUT2D eigenvalue weighted by molar-refractivity contribution is 6.11. The van der Waals surface area contributed by atoms with Gasteiger partial charge in [0.2, 0.25) is 0 Å². The number of unbranched alkanes of at least 4 members (excludes halogenated alkanes) is 2. The number of aryl methyl sites for hydroxylation is 1. The zero-order valence-electron chi connectivity index (χ0n) is 18.5. The van der Waals surface area contributed by atoms with E-state index in [0.717, 1.165) is 24.8 Å². The minimum absolute atomic E-state index is 0.0480. The van der Waals surface area contributed by atoms with Crippen LogP contribution in [-0.4, -0.2) is 27.7 Å². The maximum absolute atomic E-state index is 13.0. The second-order valence-electron chi connectivity index (χ2n) is 9.27. The lowest BCUT2D eigenvalue weighted by Crippen LogP contribution is -2.39. The van der Waals surface area contributed by atoms with Gasteiger partial charge in [-0.3, -0.25) is 4.79 Å². The molecule has 0 fully saturated rings. The summed E-state index contributed by atoms with van der Waals surface area (Å²) in [4.78, 5) is 25.4. The van der Waals surface area contributed by atoms with Crippen molar-refractivity contribution in [2.45, 2.75) is 84.8 Å². The molecular formula is C24H32O6. The number of benzene rings is 1. The van der Waals surface area contributed by atoms with Crippen LogP contribution in [0.2, 0.25) is 0 Å². The van der Waals surface area contributed by atoms with E-state index in [0.29, 0.717) is 23.1 Å². The summed E-state index contributed by atoms with van der Waals surface area (Å²) in [6.07, 6.45) is 3.49. The molecule has 2 N–H and O–H groups in total. The molecular weight excluding hydrogens is 384 g/mol. The number of ketones is 1. The number of hydrogen-bond donors (Lipinski definition) is 2. The zero-order valence-corrected chi connectivity index (χ0v) is 18.5. The smallest absolute Gasteiger partial charge is 0.336 e. The van der Waals surface area contributed by atoms with Gasteiger partial charge in [-0.15, -0.1) is 0 Å². The Morgan fingerprint density at radius 1 is 1.30 bits per heavy atom. The Morgan fingerprint density at radius 3 is 2.60 bits per heavy atom. The van der Waals surface area contributed by atoms with E-state index in [2.05, 4.69) is 6.92 Å². The molecule has 6 nitrogen and oxygen atoms in total. The normalized spacial score (nSPS) is 16.2. The van der Waals surface area contributed by atoms with Crippen LogP contribution in [0.3, 0.4) is 0 Å². The average Bonchev–Trinajstić information content (AvgIpc) is 3.07. The largest absolute Gasteiger partial charge is 0.507 e. The fourth-order valence-electron chi connectivity index (χ4n) is 4.06. The summed E-state index contributed by atoms with van der Waals surface area (Å²) in [5.41, 5.74) is -0.311. The third kappa shape index (κ3) is 4.24. The van der Waals surface area contributed by atoms with Crippen LogP contribution in [0.5, 0.6) is 11.5 Å². The molecule has 1 aliphatic heterocycles. The van der Waals surface area contributed by atoms with Crippen LogP contribution in [0, 0.1) is 5.92 Å². The van der Waals surface area contributed by atoms with Crippen LogP contribution in [0.25, 0.3) is 11.0 Å². The Bertz CT molecular complexity index is 1010. The van der Waals surface area contributed by atoms with Crippen molar-refractivity contribution in [2.24, 2.45) is 5.92 Å². The molecule has 6 heteroatoms. The summed E-state index contributed by atoms with van der Waals surface area (Å²) >= 11 is 0. The number of fused-ring (bicyclic) bond motifs is 3. The van der Waals surface area contributed by atoms with Crippen molar-refractivity contribution in [2.75, 3.05) is 0 Å². The predicted molar refractivity (Wildman–Crippen MR) is 116 cm³/mol. The van der Waals surface area contributed by atoms with Gasteiger partial charge in [-0.05, 0) is 38.2 Å². The molecule has 1 aromatic heterocycles. The van der Waals surface area contributed by atoms with Crippen LogP contribution < -0.4 is 10.4 Å². The molecule has 0 aliphatic carbocycles. The van der Waals surface area contributed by atoms with Gasteiger partial charge in [0.25, 0.3) is 0 Å². The van der Waals surface area contributed by atoms with E-state index < -0.39 is 17.3 Å². The molecule has 0 saturated heterocycles. The number of aliphatic hydroxyl groups is 1. The van der Waals surface area contributed by atoms with Crippen LogP contribution in [-0.2, 0) is 12.8 Å². The van der Waals surface area contributed by atoms with Gasteiger partial charge >= 0.3 is 5.63 Å². The SMILES string of the molecule is CCCCCc1cc(=O)oc2c(C(=O)CC(C)C)c(O)c3c(c12)OC(C(C)(C)O)C3. The molecule has 1 aliphatic rings. The number of Topliss-reactive ketones (excluding diaryl/α,β-unsaturated/α-hetero) is 1. The van der Waals surface area contributed by atoms with E-state index in [9.17, 15) is 19.8 Å². The summed E-state index contributed by atoms with van der Waals surface area (Å²) in [7, 11) is 0. The third-order valence-electron chi connectivity index (χ3n) is 5.65. The van der Waals surface area contributed by atoms with E-state index in [1.807, 2.05) is 13.8 Å². The van der Waals surface area contributed by atoms with Crippen molar-refractivity contribution in [3.05, 3.63) is 33.2 Å². The molecule has 0 amide bonds. The van der Waals surface area contributed by atoms with Gasteiger partial charge in [-0.2, -0.15) is 0 Å². The maximum atomic E-state index is 13.0. The summed E-state index contributed by atoms with van der Waals surface area (Å²) in [6.45, 7) is 9.24. The van der Waals surface area contributed by atoms with E-state index >= 15 is 0 Å². The number of rotatable bonds is 8. The Balaban J connectivity index is 2.30. The fourth-order valence-corrected chi connectivity index (χ4v) is 4.06. The molecule has 3 rings (SSSR count). The van der Waals surface area contributed by atoms with Gasteiger partial charge in [0.05, 0.1) is 11.0 Å². The van der Waals surface area contributed by atoms with Crippen molar-refractivity contribution < 1.29 is 24.2 Å². The van der Waals surface area contributed by atoms with E-state index in [-0.39, 0.29) is 41.4 Å². The number of aromatic hydroxyl groups is 1. The topological polar surface area (TPSA) is 97.0 Å². The van der Waals surface area contributed by atoms with Gasteiger partial charge in [-0.1, -0.05) is 33.6 Å². The minimum Gasteiger partial charge on any atom is -0.507 e. The molecule has 0 bridgehead atoms. The zero-order chi connectivity index (χ0) is 22.2. The third-order valence-corrected chi connectivity index (χ3v) is 5.65. The van der Waals surface area contributed by atoms with Crippen LogP contribution in [0.4, 0.5) is 0 Å². The van der Waals surface area contributed by atoms with E-state index in [1.54, 1.807) is 13.8 Å². The molecule has 1 aromatic carbocycles. The molecule has 2 heterocycles. The van der Waals surface area contributed by atoms with Gasteiger partial charge in [0.15, 0.2) is 11.4 Å². The first-order valence-corrected chi connectivity index (χ1v) is 10.8. The molecule has 1 unspecified atom stereocenters. The maximum Gasteiger partial charge on any atom is 0.336 e. The van der Waals surface area contributed by atoms with Crippen LogP contribution >= 0.6 is 0 Å². The van der Waals surface area contributed by atoms with Crippen molar-refractivity contribution in [1.82, 2.24) is 0 Å². The van der Waals surface area contributed by atoms with Crippen LogP contribution in [0.1, 0.15) is 81.8 Å². The highest BCUT2D eigenvalue weighted by atomic mass is 16.5. The molecule has 164 valence electrons. The van der Waals surface area contributed by atoms with E-state index in [1.165, 1.54) is 6.07 Å². The molecule has 0 radical (unpaired) electrons. The molecule has 2 aromatic rings. The lowest BCUT2D eigenvalue weighted by Gasteiger charge is -2.24. The van der Waals surface area contributed by atoms with Crippen LogP contribution in [0.15, 0.2) is 15.3 Å². The monoisotopic (exact) mass is 416 g/mol.